The lowest BCUT2D eigenvalue weighted by Gasteiger charge is -2.57. The van der Waals surface area contributed by atoms with E-state index in [9.17, 15) is 5.11 Å². The molecule has 0 spiro atoms. The second-order valence-electron chi connectivity index (χ2n) is 9.04. The Morgan fingerprint density at radius 1 is 1.11 bits per heavy atom. The lowest BCUT2D eigenvalue weighted by atomic mass is 9.74. The van der Waals surface area contributed by atoms with Gasteiger partial charge in [-0.15, -0.1) is 0 Å². The standard InChI is InChI=1S/C24H34N2O/c1-18(2)5-6-19-9-11-21(12-10-19)24-22-16-25(15-20-7-8-20)13-3-4-14-26(22)23(24)17-27/h9-12,18,20,22-24,27H,3-4,7-8,13-17H2,1-2H3/t22-,23-,24+/m0/s1. The maximum Gasteiger partial charge on any atom is 0.0593 e. The number of hydrogen-bond acceptors (Lipinski definition) is 3. The zero-order chi connectivity index (χ0) is 18.8. The second kappa shape index (κ2) is 8.35. The Morgan fingerprint density at radius 3 is 2.52 bits per heavy atom. The summed E-state index contributed by atoms with van der Waals surface area (Å²) in [5.74, 6) is 8.30. The van der Waals surface area contributed by atoms with Crippen molar-refractivity contribution in [2.45, 2.75) is 57.5 Å². The van der Waals surface area contributed by atoms with Gasteiger partial charge in [0.05, 0.1) is 6.61 Å². The number of fused-ring (bicyclic) bond motifs is 1. The average molecular weight is 367 g/mol. The van der Waals surface area contributed by atoms with Crippen LogP contribution < -0.4 is 0 Å². The molecule has 1 aliphatic carbocycles. The van der Waals surface area contributed by atoms with Gasteiger partial charge in [-0.3, -0.25) is 4.90 Å². The summed E-state index contributed by atoms with van der Waals surface area (Å²) in [6.07, 6.45) is 5.39. The molecule has 0 amide bonds. The molecule has 1 aromatic rings. The first kappa shape index (κ1) is 19.0. The van der Waals surface area contributed by atoms with Crippen LogP contribution in [-0.2, 0) is 0 Å². The molecule has 146 valence electrons. The summed E-state index contributed by atoms with van der Waals surface area (Å²) in [6, 6.07) is 9.65. The fourth-order valence-electron chi connectivity index (χ4n) is 4.86. The quantitative estimate of drug-likeness (QED) is 0.828. The van der Waals surface area contributed by atoms with Gasteiger partial charge in [0.15, 0.2) is 0 Å². The van der Waals surface area contributed by atoms with Gasteiger partial charge in [-0.05, 0) is 62.4 Å². The molecule has 3 atom stereocenters. The third-order valence-electron chi connectivity index (χ3n) is 6.47. The van der Waals surface area contributed by atoms with Crippen LogP contribution in [0.3, 0.4) is 0 Å². The lowest BCUT2D eigenvalue weighted by Crippen LogP contribution is -2.67. The topological polar surface area (TPSA) is 26.7 Å². The highest BCUT2D eigenvalue weighted by molar-refractivity contribution is 5.39. The summed E-state index contributed by atoms with van der Waals surface area (Å²) in [4.78, 5) is 5.29. The summed E-state index contributed by atoms with van der Waals surface area (Å²) in [6.45, 7) is 9.34. The SMILES string of the molecule is CC(C)C#Cc1ccc([C@H]2[C@H](CO)N3CCCCN(CC4CC4)C[C@@H]23)cc1. The van der Waals surface area contributed by atoms with E-state index < -0.39 is 0 Å². The van der Waals surface area contributed by atoms with Crippen molar-refractivity contribution in [2.24, 2.45) is 11.8 Å². The van der Waals surface area contributed by atoms with Crippen molar-refractivity contribution in [1.29, 1.82) is 0 Å². The zero-order valence-electron chi connectivity index (χ0n) is 16.9. The van der Waals surface area contributed by atoms with Gasteiger partial charge >= 0.3 is 0 Å². The molecule has 3 heteroatoms. The van der Waals surface area contributed by atoms with Crippen LogP contribution in [0.25, 0.3) is 0 Å². The molecule has 1 aromatic carbocycles. The maximum absolute atomic E-state index is 10.1. The van der Waals surface area contributed by atoms with E-state index in [1.807, 2.05) is 0 Å². The Morgan fingerprint density at radius 2 is 1.85 bits per heavy atom. The Hall–Kier alpha value is -1.34. The Balaban J connectivity index is 1.50. The molecule has 0 aromatic heterocycles. The van der Waals surface area contributed by atoms with Gasteiger partial charge in [-0.25, -0.2) is 0 Å². The molecule has 0 unspecified atom stereocenters. The van der Waals surface area contributed by atoms with E-state index >= 15 is 0 Å². The third kappa shape index (κ3) is 4.40. The largest absolute Gasteiger partial charge is 0.395 e. The first-order valence-electron chi connectivity index (χ1n) is 10.9. The highest BCUT2D eigenvalue weighted by Crippen LogP contribution is 2.42. The summed E-state index contributed by atoms with van der Waals surface area (Å²) >= 11 is 0. The average Bonchev–Trinajstić information content (AvgIpc) is 3.45. The molecular weight excluding hydrogens is 332 g/mol. The number of rotatable bonds is 4. The van der Waals surface area contributed by atoms with Crippen molar-refractivity contribution in [3.8, 4) is 11.8 Å². The lowest BCUT2D eigenvalue weighted by molar-refractivity contribution is -0.0649. The van der Waals surface area contributed by atoms with E-state index in [0.29, 0.717) is 17.9 Å². The summed E-state index contributed by atoms with van der Waals surface area (Å²) in [7, 11) is 0. The number of hydrogen-bond donors (Lipinski definition) is 1. The molecule has 0 radical (unpaired) electrons. The van der Waals surface area contributed by atoms with Crippen molar-refractivity contribution in [3.05, 3.63) is 35.4 Å². The Labute approximate surface area is 164 Å². The van der Waals surface area contributed by atoms with Crippen LogP contribution in [0.2, 0.25) is 0 Å². The highest BCUT2D eigenvalue weighted by Gasteiger charge is 2.49. The molecule has 27 heavy (non-hydrogen) atoms. The molecule has 3 aliphatic rings. The van der Waals surface area contributed by atoms with E-state index in [1.165, 1.54) is 44.3 Å². The smallest absolute Gasteiger partial charge is 0.0593 e. The van der Waals surface area contributed by atoms with E-state index in [-0.39, 0.29) is 12.6 Å². The van der Waals surface area contributed by atoms with Crippen LogP contribution in [0.15, 0.2) is 24.3 Å². The summed E-state index contributed by atoms with van der Waals surface area (Å²) in [5, 5.41) is 10.1. The molecule has 0 bridgehead atoms. The van der Waals surface area contributed by atoms with Gasteiger partial charge < -0.3 is 10.0 Å². The van der Waals surface area contributed by atoms with E-state index in [4.69, 9.17) is 0 Å². The molecule has 2 saturated heterocycles. The highest BCUT2D eigenvalue weighted by atomic mass is 16.3. The molecule has 1 saturated carbocycles. The molecule has 2 heterocycles. The third-order valence-corrected chi connectivity index (χ3v) is 6.47. The first-order chi connectivity index (χ1) is 13.2. The van der Waals surface area contributed by atoms with Gasteiger partial charge in [0.1, 0.15) is 0 Å². The minimum Gasteiger partial charge on any atom is -0.395 e. The number of aliphatic hydroxyl groups is 1. The van der Waals surface area contributed by atoms with Gasteiger partial charge in [0, 0.05) is 42.6 Å². The van der Waals surface area contributed by atoms with E-state index in [0.717, 1.165) is 24.6 Å². The molecule has 1 N–H and O–H groups in total. The van der Waals surface area contributed by atoms with Crippen LogP contribution >= 0.6 is 0 Å². The van der Waals surface area contributed by atoms with E-state index in [1.54, 1.807) is 0 Å². The van der Waals surface area contributed by atoms with Gasteiger partial charge in [-0.2, -0.15) is 0 Å². The first-order valence-corrected chi connectivity index (χ1v) is 10.9. The summed E-state index contributed by atoms with van der Waals surface area (Å²) < 4.78 is 0. The van der Waals surface area contributed by atoms with Gasteiger partial charge in [0.25, 0.3) is 0 Å². The van der Waals surface area contributed by atoms with Crippen molar-refractivity contribution < 1.29 is 5.11 Å². The molecule has 3 nitrogen and oxygen atoms in total. The monoisotopic (exact) mass is 366 g/mol. The van der Waals surface area contributed by atoms with Crippen molar-refractivity contribution in [3.63, 3.8) is 0 Å². The molecule has 4 rings (SSSR count). The fourth-order valence-corrected chi connectivity index (χ4v) is 4.86. The van der Waals surface area contributed by atoms with Crippen LogP contribution in [-0.4, -0.2) is 59.8 Å². The van der Waals surface area contributed by atoms with Crippen LogP contribution in [0.4, 0.5) is 0 Å². The van der Waals surface area contributed by atoms with Crippen molar-refractivity contribution in [2.75, 3.05) is 32.8 Å². The minimum atomic E-state index is 0.263. The van der Waals surface area contributed by atoms with Crippen molar-refractivity contribution >= 4 is 0 Å². The van der Waals surface area contributed by atoms with Gasteiger partial charge in [0.2, 0.25) is 0 Å². The molecular formula is C24H34N2O. The molecule has 2 aliphatic heterocycles. The zero-order valence-corrected chi connectivity index (χ0v) is 16.9. The summed E-state index contributed by atoms with van der Waals surface area (Å²) in [5.41, 5.74) is 2.47. The normalized spacial score (nSPS) is 29.3. The van der Waals surface area contributed by atoms with Crippen LogP contribution in [0.1, 0.15) is 56.6 Å². The fraction of sp³-hybridized carbons (Fsp3) is 0.667. The second-order valence-corrected chi connectivity index (χ2v) is 9.04. The van der Waals surface area contributed by atoms with E-state index in [2.05, 4.69) is 59.8 Å². The predicted molar refractivity (Wildman–Crippen MR) is 111 cm³/mol. The van der Waals surface area contributed by atoms with Crippen molar-refractivity contribution in [1.82, 2.24) is 9.80 Å². The number of nitrogens with zero attached hydrogens (tertiary/aromatic N) is 2. The number of aliphatic hydroxyl groups excluding tert-OH is 1. The maximum atomic E-state index is 10.1. The van der Waals surface area contributed by atoms with Crippen LogP contribution in [0, 0.1) is 23.7 Å². The Kier molecular flexibility index (Phi) is 5.88. The number of benzene rings is 1. The van der Waals surface area contributed by atoms with Crippen LogP contribution in [0.5, 0.6) is 0 Å². The van der Waals surface area contributed by atoms with Gasteiger partial charge in [-0.1, -0.05) is 37.8 Å². The Bertz CT molecular complexity index is 683. The molecule has 3 fully saturated rings. The minimum absolute atomic E-state index is 0.263. The predicted octanol–water partition coefficient (Wildman–Crippen LogP) is 3.33.